The summed E-state index contributed by atoms with van der Waals surface area (Å²) in [7, 11) is 0. The lowest BCUT2D eigenvalue weighted by Gasteiger charge is -2.15. The molecule has 3 aromatic carbocycles. The molecule has 0 spiro atoms. The quantitative estimate of drug-likeness (QED) is 0.368. The van der Waals surface area contributed by atoms with Crippen molar-refractivity contribution in [3.05, 3.63) is 90.8 Å². The van der Waals surface area contributed by atoms with Gasteiger partial charge in [0.15, 0.2) is 0 Å². The van der Waals surface area contributed by atoms with Crippen LogP contribution >= 0.6 is 43.5 Å². The van der Waals surface area contributed by atoms with E-state index in [0.717, 1.165) is 38.1 Å². The van der Waals surface area contributed by atoms with E-state index in [2.05, 4.69) is 81.4 Å². The minimum atomic E-state index is 0.456. The number of anilines is 1. The third kappa shape index (κ3) is 5.28. The minimum absolute atomic E-state index is 0.456. The lowest BCUT2D eigenvalue weighted by Crippen LogP contribution is -2.03. The van der Waals surface area contributed by atoms with Crippen LogP contribution in [0.15, 0.2) is 63.5 Å². The van der Waals surface area contributed by atoms with Gasteiger partial charge in [-0.15, -0.1) is 0 Å². The highest BCUT2D eigenvalue weighted by atomic mass is 79.9. The van der Waals surface area contributed by atoms with E-state index in [0.29, 0.717) is 11.6 Å². The van der Waals surface area contributed by atoms with Gasteiger partial charge in [-0.3, -0.25) is 0 Å². The fraction of sp³-hybridized carbons (Fsp3) is 0.182. The van der Waals surface area contributed by atoms with Crippen molar-refractivity contribution in [2.45, 2.75) is 27.0 Å². The molecule has 0 fully saturated rings. The molecule has 0 saturated carbocycles. The third-order valence-electron chi connectivity index (χ3n) is 4.42. The normalized spacial score (nSPS) is 10.7. The van der Waals surface area contributed by atoms with Gasteiger partial charge < -0.3 is 10.1 Å². The zero-order valence-electron chi connectivity index (χ0n) is 15.2. The Morgan fingerprint density at radius 2 is 1.63 bits per heavy atom. The average molecular weight is 510 g/mol. The predicted molar refractivity (Wildman–Crippen MR) is 121 cm³/mol. The van der Waals surface area contributed by atoms with Crippen molar-refractivity contribution in [2.75, 3.05) is 5.32 Å². The summed E-state index contributed by atoms with van der Waals surface area (Å²) in [6.45, 7) is 5.45. The summed E-state index contributed by atoms with van der Waals surface area (Å²) in [6, 6.07) is 18.1. The number of benzene rings is 3. The average Bonchev–Trinajstić information content (AvgIpc) is 2.62. The van der Waals surface area contributed by atoms with E-state index in [-0.39, 0.29) is 0 Å². The van der Waals surface area contributed by atoms with Gasteiger partial charge in [0.05, 0.1) is 8.95 Å². The molecule has 0 aliphatic carbocycles. The molecule has 140 valence electrons. The molecule has 0 saturated heterocycles. The van der Waals surface area contributed by atoms with Gasteiger partial charge in [0.2, 0.25) is 0 Å². The fourth-order valence-electron chi connectivity index (χ4n) is 2.77. The van der Waals surface area contributed by atoms with Gasteiger partial charge in [-0.1, -0.05) is 35.9 Å². The van der Waals surface area contributed by atoms with Crippen molar-refractivity contribution in [1.82, 2.24) is 0 Å². The van der Waals surface area contributed by atoms with Gasteiger partial charge in [0.1, 0.15) is 12.4 Å². The molecule has 0 aliphatic rings. The Morgan fingerprint density at radius 3 is 2.33 bits per heavy atom. The zero-order chi connectivity index (χ0) is 19.4. The van der Waals surface area contributed by atoms with Crippen molar-refractivity contribution in [2.24, 2.45) is 0 Å². The molecular weight excluding hydrogens is 490 g/mol. The Morgan fingerprint density at radius 1 is 0.926 bits per heavy atom. The molecule has 1 N–H and O–H groups in total. The Balaban J connectivity index is 1.70. The highest BCUT2D eigenvalue weighted by Crippen LogP contribution is 2.35. The van der Waals surface area contributed by atoms with Crippen LogP contribution in [-0.4, -0.2) is 0 Å². The third-order valence-corrected chi connectivity index (χ3v) is 5.83. The number of halogens is 3. The maximum Gasteiger partial charge on any atom is 0.148 e. The first-order chi connectivity index (χ1) is 12.9. The second kappa shape index (κ2) is 9.13. The summed E-state index contributed by atoms with van der Waals surface area (Å²) < 4.78 is 7.82. The predicted octanol–water partition coefficient (Wildman–Crippen LogP) is 7.67. The SMILES string of the molecule is Cc1cccc(NCc2cc(Br)c(OCc3cccc(Cl)c3)c(Br)c2)c1C. The number of hydrogen-bond donors (Lipinski definition) is 1. The van der Waals surface area contributed by atoms with Crippen molar-refractivity contribution < 1.29 is 4.74 Å². The Hall–Kier alpha value is -1.49. The molecule has 0 heterocycles. The molecule has 2 nitrogen and oxygen atoms in total. The van der Waals surface area contributed by atoms with Gasteiger partial charge in [-0.25, -0.2) is 0 Å². The second-order valence-corrected chi connectivity index (χ2v) is 8.55. The second-order valence-electron chi connectivity index (χ2n) is 6.41. The summed E-state index contributed by atoms with van der Waals surface area (Å²) >= 11 is 13.3. The monoisotopic (exact) mass is 507 g/mol. The number of ether oxygens (including phenoxy) is 1. The topological polar surface area (TPSA) is 21.3 Å². The number of hydrogen-bond acceptors (Lipinski definition) is 2. The summed E-state index contributed by atoms with van der Waals surface area (Å²) in [5.74, 6) is 0.783. The number of nitrogens with one attached hydrogen (secondary N) is 1. The van der Waals surface area contributed by atoms with Crippen LogP contribution in [0.5, 0.6) is 5.75 Å². The van der Waals surface area contributed by atoms with Crippen LogP contribution in [0.4, 0.5) is 5.69 Å². The number of aryl methyl sites for hydroxylation is 1. The molecule has 0 radical (unpaired) electrons. The molecule has 0 bridgehead atoms. The van der Waals surface area contributed by atoms with E-state index < -0.39 is 0 Å². The first-order valence-electron chi connectivity index (χ1n) is 8.59. The van der Waals surface area contributed by atoms with Crippen LogP contribution in [0.3, 0.4) is 0 Å². The highest BCUT2D eigenvalue weighted by Gasteiger charge is 2.10. The van der Waals surface area contributed by atoms with Crippen LogP contribution in [0.1, 0.15) is 22.3 Å². The van der Waals surface area contributed by atoms with E-state index in [9.17, 15) is 0 Å². The van der Waals surface area contributed by atoms with Gasteiger partial charge in [0, 0.05) is 17.3 Å². The van der Waals surface area contributed by atoms with Crippen LogP contribution in [0.25, 0.3) is 0 Å². The molecular formula is C22H20Br2ClNO. The summed E-state index contributed by atoms with van der Waals surface area (Å²) in [5, 5.41) is 4.22. The molecule has 3 rings (SSSR count). The molecule has 0 aromatic heterocycles. The lowest BCUT2D eigenvalue weighted by atomic mass is 10.1. The molecule has 0 aliphatic heterocycles. The summed E-state index contributed by atoms with van der Waals surface area (Å²) in [6.07, 6.45) is 0. The molecule has 0 atom stereocenters. The molecule has 27 heavy (non-hydrogen) atoms. The molecule has 0 unspecified atom stereocenters. The standard InChI is InChI=1S/C22H20Br2ClNO/c1-14-5-3-8-21(15(14)2)26-12-17-10-19(23)22(20(24)11-17)27-13-16-6-4-7-18(25)9-16/h3-11,26H,12-13H2,1-2H3. The van der Waals surface area contributed by atoms with Crippen LogP contribution in [-0.2, 0) is 13.2 Å². The lowest BCUT2D eigenvalue weighted by molar-refractivity contribution is 0.302. The Kier molecular flexibility index (Phi) is 6.85. The van der Waals surface area contributed by atoms with Crippen molar-refractivity contribution >= 4 is 49.1 Å². The van der Waals surface area contributed by atoms with E-state index >= 15 is 0 Å². The summed E-state index contributed by atoms with van der Waals surface area (Å²) in [5.41, 5.74) is 5.90. The maximum absolute atomic E-state index is 6.03. The number of rotatable bonds is 6. The Labute approximate surface area is 182 Å². The van der Waals surface area contributed by atoms with Gasteiger partial charge in [0.25, 0.3) is 0 Å². The van der Waals surface area contributed by atoms with Gasteiger partial charge >= 0.3 is 0 Å². The van der Waals surface area contributed by atoms with E-state index in [1.807, 2.05) is 24.3 Å². The van der Waals surface area contributed by atoms with E-state index in [1.165, 1.54) is 11.1 Å². The van der Waals surface area contributed by atoms with E-state index in [4.69, 9.17) is 16.3 Å². The van der Waals surface area contributed by atoms with Crippen LogP contribution < -0.4 is 10.1 Å². The summed E-state index contributed by atoms with van der Waals surface area (Å²) in [4.78, 5) is 0. The van der Waals surface area contributed by atoms with Crippen molar-refractivity contribution in [1.29, 1.82) is 0 Å². The maximum atomic E-state index is 6.03. The molecule has 0 amide bonds. The Bertz CT molecular complexity index is 936. The van der Waals surface area contributed by atoms with Crippen LogP contribution in [0.2, 0.25) is 5.02 Å². The minimum Gasteiger partial charge on any atom is -0.487 e. The highest BCUT2D eigenvalue weighted by molar-refractivity contribution is 9.11. The first-order valence-corrected chi connectivity index (χ1v) is 10.6. The van der Waals surface area contributed by atoms with Crippen molar-refractivity contribution in [3.63, 3.8) is 0 Å². The zero-order valence-corrected chi connectivity index (χ0v) is 19.1. The fourth-order valence-corrected chi connectivity index (χ4v) is 4.50. The molecule has 3 aromatic rings. The van der Waals surface area contributed by atoms with E-state index in [1.54, 1.807) is 0 Å². The van der Waals surface area contributed by atoms with Crippen molar-refractivity contribution in [3.8, 4) is 5.75 Å². The van der Waals surface area contributed by atoms with Gasteiger partial charge in [-0.05, 0) is 98.3 Å². The smallest absolute Gasteiger partial charge is 0.148 e. The molecule has 5 heteroatoms. The first kappa shape index (κ1) is 20.2. The van der Waals surface area contributed by atoms with Gasteiger partial charge in [-0.2, -0.15) is 0 Å². The van der Waals surface area contributed by atoms with Crippen LogP contribution in [0, 0.1) is 13.8 Å². The largest absolute Gasteiger partial charge is 0.487 e.